The number of nitrogens with two attached hydrogens (primary N) is 1. The molecule has 0 atom stereocenters. The highest BCUT2D eigenvalue weighted by Crippen LogP contribution is 2.18. The Kier molecular flexibility index (Phi) is 5.46. The van der Waals surface area contributed by atoms with Gasteiger partial charge >= 0.3 is 0 Å². The number of aryl methyl sites for hydroxylation is 1. The summed E-state index contributed by atoms with van der Waals surface area (Å²) in [5, 5.41) is 1.92. The van der Waals surface area contributed by atoms with Crippen LogP contribution < -0.4 is 10.5 Å². The fourth-order valence-corrected chi connectivity index (χ4v) is 4.00. The van der Waals surface area contributed by atoms with Gasteiger partial charge in [0.2, 0.25) is 10.0 Å². The number of nitrogens with one attached hydrogen (secondary N) is 1. The molecule has 0 saturated carbocycles. The summed E-state index contributed by atoms with van der Waals surface area (Å²) in [5.74, 6) is 0. The summed E-state index contributed by atoms with van der Waals surface area (Å²) in [6.07, 6.45) is 1.24. The third kappa shape index (κ3) is 4.10. The van der Waals surface area contributed by atoms with E-state index in [1.807, 2.05) is 24.4 Å². The van der Waals surface area contributed by atoms with Crippen LogP contribution in [0.5, 0.6) is 0 Å². The molecule has 0 amide bonds. The molecule has 21 heavy (non-hydrogen) atoms. The largest absolute Gasteiger partial charge is 0.326 e. The molecule has 0 aliphatic carbocycles. The van der Waals surface area contributed by atoms with E-state index in [-0.39, 0.29) is 0 Å². The molecule has 0 unspecified atom stereocenters. The summed E-state index contributed by atoms with van der Waals surface area (Å²) in [6.45, 7) is 2.60. The summed E-state index contributed by atoms with van der Waals surface area (Å²) in [6, 6.07) is 5.36. The molecule has 7 heteroatoms. The molecule has 114 valence electrons. The van der Waals surface area contributed by atoms with Crippen LogP contribution in [0.15, 0.2) is 34.0 Å². The third-order valence-corrected chi connectivity index (χ3v) is 5.37. The number of aromatic nitrogens is 1. The number of sulfonamides is 1. The number of hydrogen-bond acceptors (Lipinski definition) is 5. The summed E-state index contributed by atoms with van der Waals surface area (Å²) < 4.78 is 27.5. The summed E-state index contributed by atoms with van der Waals surface area (Å²) in [7, 11) is -3.52. The summed E-state index contributed by atoms with van der Waals surface area (Å²) >= 11 is 1.50. The second kappa shape index (κ2) is 7.13. The van der Waals surface area contributed by atoms with Gasteiger partial charge in [0.25, 0.3) is 0 Å². The Morgan fingerprint density at radius 1 is 1.38 bits per heavy atom. The molecule has 1 aromatic heterocycles. The van der Waals surface area contributed by atoms with Crippen molar-refractivity contribution in [2.24, 2.45) is 5.73 Å². The molecule has 1 heterocycles. The van der Waals surface area contributed by atoms with Crippen molar-refractivity contribution in [1.29, 1.82) is 0 Å². The van der Waals surface area contributed by atoms with Crippen molar-refractivity contribution in [2.45, 2.75) is 31.2 Å². The number of thiazole rings is 1. The molecule has 3 N–H and O–H groups in total. The number of benzene rings is 1. The first-order chi connectivity index (χ1) is 10.1. The van der Waals surface area contributed by atoms with Gasteiger partial charge in [0, 0.05) is 24.9 Å². The molecule has 0 fully saturated rings. The van der Waals surface area contributed by atoms with Crippen LogP contribution in [0, 0.1) is 0 Å². The molecule has 0 spiro atoms. The van der Waals surface area contributed by atoms with E-state index < -0.39 is 10.0 Å². The maximum Gasteiger partial charge on any atom is 0.240 e. The fraction of sp³-hybridized carbons (Fsp3) is 0.357. The van der Waals surface area contributed by atoms with E-state index in [0.717, 1.165) is 16.8 Å². The smallest absolute Gasteiger partial charge is 0.240 e. The van der Waals surface area contributed by atoms with Crippen molar-refractivity contribution >= 4 is 21.4 Å². The standard InChI is InChI=1S/C14H19N3O2S2/c1-2-12-4-3-11(8-15)7-14(12)21(18,19)17-6-5-13-9-20-10-16-13/h3-4,7,9-10,17H,2,5-6,8,15H2,1H3. The van der Waals surface area contributed by atoms with Gasteiger partial charge in [0.15, 0.2) is 0 Å². The molecule has 0 bridgehead atoms. The van der Waals surface area contributed by atoms with Gasteiger partial charge in [-0.05, 0) is 23.6 Å². The average molecular weight is 325 g/mol. The molecule has 1 aromatic carbocycles. The maximum absolute atomic E-state index is 12.4. The normalized spacial score (nSPS) is 11.7. The molecular formula is C14H19N3O2S2. The van der Waals surface area contributed by atoms with Crippen molar-refractivity contribution in [3.63, 3.8) is 0 Å². The third-order valence-electron chi connectivity index (χ3n) is 3.19. The first kappa shape index (κ1) is 16.1. The van der Waals surface area contributed by atoms with Crippen molar-refractivity contribution in [2.75, 3.05) is 6.54 Å². The van der Waals surface area contributed by atoms with E-state index in [4.69, 9.17) is 5.73 Å². The van der Waals surface area contributed by atoms with Crippen LogP contribution >= 0.6 is 11.3 Å². The van der Waals surface area contributed by atoms with Gasteiger partial charge in [0.1, 0.15) is 0 Å². The van der Waals surface area contributed by atoms with Crippen LogP contribution in [-0.2, 0) is 29.4 Å². The Balaban J connectivity index is 2.14. The Morgan fingerprint density at radius 2 is 2.19 bits per heavy atom. The highest BCUT2D eigenvalue weighted by atomic mass is 32.2. The number of hydrogen-bond donors (Lipinski definition) is 2. The lowest BCUT2D eigenvalue weighted by Crippen LogP contribution is -2.27. The molecule has 0 aliphatic rings. The van der Waals surface area contributed by atoms with Gasteiger partial charge in [0.05, 0.1) is 16.1 Å². The minimum absolute atomic E-state index is 0.325. The second-order valence-electron chi connectivity index (χ2n) is 4.63. The predicted octanol–water partition coefficient (Wildman–Crippen LogP) is 1.69. The molecule has 0 radical (unpaired) electrons. The Labute approximate surface area is 129 Å². The van der Waals surface area contributed by atoms with E-state index in [2.05, 4.69) is 9.71 Å². The number of rotatable bonds is 7. The number of nitrogens with zero attached hydrogens (tertiary/aromatic N) is 1. The highest BCUT2D eigenvalue weighted by molar-refractivity contribution is 7.89. The first-order valence-electron chi connectivity index (χ1n) is 6.75. The van der Waals surface area contributed by atoms with Gasteiger partial charge in [-0.3, -0.25) is 0 Å². The van der Waals surface area contributed by atoms with Crippen LogP contribution in [-0.4, -0.2) is 19.9 Å². The molecular weight excluding hydrogens is 306 g/mol. The van der Waals surface area contributed by atoms with Crippen LogP contribution in [0.2, 0.25) is 0 Å². The summed E-state index contributed by atoms with van der Waals surface area (Å²) in [5.41, 5.74) is 9.84. The minimum atomic E-state index is -3.52. The topological polar surface area (TPSA) is 85.1 Å². The van der Waals surface area contributed by atoms with E-state index in [1.54, 1.807) is 11.6 Å². The maximum atomic E-state index is 12.4. The van der Waals surface area contributed by atoms with E-state index in [0.29, 0.717) is 30.8 Å². The molecule has 5 nitrogen and oxygen atoms in total. The Hall–Kier alpha value is -1.28. The zero-order chi connectivity index (χ0) is 15.3. The van der Waals surface area contributed by atoms with Crippen molar-refractivity contribution in [1.82, 2.24) is 9.71 Å². The van der Waals surface area contributed by atoms with Gasteiger partial charge in [-0.25, -0.2) is 18.1 Å². The lowest BCUT2D eigenvalue weighted by molar-refractivity contribution is 0.580. The van der Waals surface area contributed by atoms with Gasteiger partial charge in [-0.1, -0.05) is 19.1 Å². The minimum Gasteiger partial charge on any atom is -0.326 e. The van der Waals surface area contributed by atoms with E-state index >= 15 is 0 Å². The Bertz CT molecular complexity index is 682. The predicted molar refractivity (Wildman–Crippen MR) is 84.7 cm³/mol. The quantitative estimate of drug-likeness (QED) is 0.811. The average Bonchev–Trinajstić information content (AvgIpc) is 2.99. The fourth-order valence-electron chi connectivity index (χ4n) is 2.02. The van der Waals surface area contributed by atoms with Crippen LogP contribution in [0.25, 0.3) is 0 Å². The van der Waals surface area contributed by atoms with Gasteiger partial charge < -0.3 is 5.73 Å². The van der Waals surface area contributed by atoms with Gasteiger partial charge in [-0.2, -0.15) is 0 Å². The monoisotopic (exact) mass is 325 g/mol. The molecule has 2 aromatic rings. The summed E-state index contributed by atoms with van der Waals surface area (Å²) in [4.78, 5) is 4.46. The Morgan fingerprint density at radius 3 is 2.81 bits per heavy atom. The van der Waals surface area contributed by atoms with Crippen LogP contribution in [0.1, 0.15) is 23.7 Å². The van der Waals surface area contributed by atoms with E-state index in [9.17, 15) is 8.42 Å². The van der Waals surface area contributed by atoms with Crippen LogP contribution in [0.3, 0.4) is 0 Å². The SMILES string of the molecule is CCc1ccc(CN)cc1S(=O)(=O)NCCc1cscn1. The van der Waals surface area contributed by atoms with E-state index in [1.165, 1.54) is 11.3 Å². The first-order valence-corrected chi connectivity index (χ1v) is 9.18. The lowest BCUT2D eigenvalue weighted by Gasteiger charge is -2.11. The zero-order valence-corrected chi connectivity index (χ0v) is 13.5. The lowest BCUT2D eigenvalue weighted by atomic mass is 10.1. The molecule has 0 aliphatic heterocycles. The van der Waals surface area contributed by atoms with Crippen LogP contribution in [0.4, 0.5) is 0 Å². The molecule has 0 saturated heterocycles. The molecule has 2 rings (SSSR count). The van der Waals surface area contributed by atoms with Crippen molar-refractivity contribution in [3.8, 4) is 0 Å². The highest BCUT2D eigenvalue weighted by Gasteiger charge is 2.18. The van der Waals surface area contributed by atoms with Crippen molar-refractivity contribution < 1.29 is 8.42 Å². The second-order valence-corrected chi connectivity index (χ2v) is 7.08. The van der Waals surface area contributed by atoms with Crippen molar-refractivity contribution in [3.05, 3.63) is 45.9 Å². The van der Waals surface area contributed by atoms with Gasteiger partial charge in [-0.15, -0.1) is 11.3 Å². The zero-order valence-electron chi connectivity index (χ0n) is 11.9.